The number of nitrogens with zero attached hydrogens (tertiary/aromatic N) is 4. The molecule has 8 nitrogen and oxygen atoms in total. The summed E-state index contributed by atoms with van der Waals surface area (Å²) >= 11 is 1.38. The van der Waals surface area contributed by atoms with Crippen LogP contribution in [0.15, 0.2) is 39.3 Å². The van der Waals surface area contributed by atoms with Gasteiger partial charge in [0.05, 0.1) is 12.0 Å². The molecule has 0 fully saturated rings. The van der Waals surface area contributed by atoms with Crippen LogP contribution < -0.4 is 10.5 Å². The van der Waals surface area contributed by atoms with Gasteiger partial charge in [0.2, 0.25) is 0 Å². The molecule has 0 aliphatic rings. The Morgan fingerprint density at radius 3 is 3.00 bits per heavy atom. The Morgan fingerprint density at radius 2 is 2.18 bits per heavy atom. The molecule has 3 heterocycles. The number of aromatic nitrogens is 5. The van der Waals surface area contributed by atoms with Crippen molar-refractivity contribution in [2.45, 2.75) is 10.1 Å². The molecule has 0 aliphatic carbocycles. The van der Waals surface area contributed by atoms with Gasteiger partial charge in [0, 0.05) is 6.07 Å². The number of benzene rings is 1. The molecule has 0 saturated carbocycles. The average Bonchev–Trinajstić information content (AvgIpc) is 3.14. The summed E-state index contributed by atoms with van der Waals surface area (Å²) in [6, 6.07) is 3.67. The molecule has 0 radical (unpaired) electrons. The minimum Gasteiger partial charge on any atom is -0.497 e. The second-order valence-electron chi connectivity index (χ2n) is 4.43. The SMILES string of the molecule is COc1cc(Sc2nc3c(N)ncnc3[nH]2)c2ocnc2c1. The highest BCUT2D eigenvalue weighted by Crippen LogP contribution is 2.35. The summed E-state index contributed by atoms with van der Waals surface area (Å²) in [6.45, 7) is 0. The van der Waals surface area contributed by atoms with E-state index >= 15 is 0 Å². The van der Waals surface area contributed by atoms with Gasteiger partial charge in [-0.05, 0) is 17.8 Å². The summed E-state index contributed by atoms with van der Waals surface area (Å²) in [5.41, 5.74) is 8.32. The van der Waals surface area contributed by atoms with Crippen LogP contribution in [0.3, 0.4) is 0 Å². The maximum Gasteiger partial charge on any atom is 0.182 e. The molecule has 0 amide bonds. The Kier molecular flexibility index (Phi) is 2.86. The molecule has 4 rings (SSSR count). The second-order valence-corrected chi connectivity index (χ2v) is 5.46. The number of hydrogen-bond donors (Lipinski definition) is 2. The Bertz CT molecular complexity index is 979. The van der Waals surface area contributed by atoms with E-state index in [2.05, 4.69) is 24.9 Å². The number of nitrogens with one attached hydrogen (secondary N) is 1. The Balaban J connectivity index is 1.81. The van der Waals surface area contributed by atoms with Crippen molar-refractivity contribution in [3.05, 3.63) is 24.9 Å². The first-order valence-corrected chi connectivity index (χ1v) is 7.11. The van der Waals surface area contributed by atoms with E-state index in [1.54, 1.807) is 7.11 Å². The van der Waals surface area contributed by atoms with Gasteiger partial charge in [-0.25, -0.2) is 19.9 Å². The van der Waals surface area contributed by atoms with Crippen molar-refractivity contribution >= 4 is 39.8 Å². The van der Waals surface area contributed by atoms with Crippen LogP contribution in [-0.4, -0.2) is 32.0 Å². The van der Waals surface area contributed by atoms with E-state index < -0.39 is 0 Å². The van der Waals surface area contributed by atoms with Crippen molar-refractivity contribution in [2.24, 2.45) is 0 Å². The number of fused-ring (bicyclic) bond motifs is 2. The van der Waals surface area contributed by atoms with Gasteiger partial charge in [-0.2, -0.15) is 0 Å². The third kappa shape index (κ3) is 2.02. The molecule has 0 atom stereocenters. The van der Waals surface area contributed by atoms with E-state index in [0.29, 0.717) is 33.5 Å². The van der Waals surface area contributed by atoms with E-state index in [1.807, 2.05) is 12.1 Å². The number of nitrogen functional groups attached to an aromatic ring is 1. The summed E-state index contributed by atoms with van der Waals surface area (Å²) in [6.07, 6.45) is 2.79. The fraction of sp³-hybridized carbons (Fsp3) is 0.0769. The Labute approximate surface area is 128 Å². The van der Waals surface area contributed by atoms with Crippen LogP contribution in [0.2, 0.25) is 0 Å². The van der Waals surface area contributed by atoms with Crippen molar-refractivity contribution in [1.82, 2.24) is 24.9 Å². The van der Waals surface area contributed by atoms with Crippen molar-refractivity contribution < 1.29 is 9.15 Å². The Hall–Kier alpha value is -2.81. The summed E-state index contributed by atoms with van der Waals surface area (Å²) in [4.78, 5) is 20.5. The van der Waals surface area contributed by atoms with Crippen molar-refractivity contribution in [1.29, 1.82) is 0 Å². The van der Waals surface area contributed by atoms with Crippen LogP contribution in [0, 0.1) is 0 Å². The number of ether oxygens (including phenoxy) is 1. The van der Waals surface area contributed by atoms with Crippen molar-refractivity contribution in [3.63, 3.8) is 0 Å². The van der Waals surface area contributed by atoms with E-state index in [9.17, 15) is 0 Å². The first kappa shape index (κ1) is 12.9. The molecule has 3 N–H and O–H groups in total. The normalized spacial score (nSPS) is 11.3. The molecule has 0 aliphatic heterocycles. The highest BCUT2D eigenvalue weighted by molar-refractivity contribution is 7.99. The van der Waals surface area contributed by atoms with Gasteiger partial charge in [0.1, 0.15) is 17.6 Å². The van der Waals surface area contributed by atoms with Crippen LogP contribution in [0.4, 0.5) is 5.82 Å². The molecular weight excluding hydrogens is 304 g/mol. The fourth-order valence-corrected chi connectivity index (χ4v) is 3.00. The molecule has 3 aromatic heterocycles. The van der Waals surface area contributed by atoms with Crippen LogP contribution in [0.1, 0.15) is 0 Å². The molecule has 0 unspecified atom stereocenters. The first-order chi connectivity index (χ1) is 10.7. The number of aromatic amines is 1. The molecule has 1 aromatic carbocycles. The highest BCUT2D eigenvalue weighted by atomic mass is 32.2. The summed E-state index contributed by atoms with van der Waals surface area (Å²) in [7, 11) is 1.60. The summed E-state index contributed by atoms with van der Waals surface area (Å²) in [5, 5.41) is 0.633. The zero-order chi connectivity index (χ0) is 15.1. The van der Waals surface area contributed by atoms with Crippen molar-refractivity contribution in [2.75, 3.05) is 12.8 Å². The number of imidazole rings is 1. The minimum atomic E-state index is 0.337. The molecule has 9 heteroatoms. The quantitative estimate of drug-likeness (QED) is 0.591. The monoisotopic (exact) mass is 314 g/mol. The van der Waals surface area contributed by atoms with Gasteiger partial charge in [-0.15, -0.1) is 0 Å². The number of rotatable bonds is 3. The third-order valence-corrected chi connectivity index (χ3v) is 4.01. The van der Waals surface area contributed by atoms with E-state index in [-0.39, 0.29) is 0 Å². The van der Waals surface area contributed by atoms with Gasteiger partial charge >= 0.3 is 0 Å². The lowest BCUT2D eigenvalue weighted by Gasteiger charge is -2.03. The lowest BCUT2D eigenvalue weighted by atomic mass is 10.3. The van der Waals surface area contributed by atoms with E-state index in [0.717, 1.165) is 10.4 Å². The third-order valence-electron chi connectivity index (χ3n) is 3.10. The average molecular weight is 314 g/mol. The van der Waals surface area contributed by atoms with Gasteiger partial charge in [-0.1, -0.05) is 0 Å². The molecule has 22 heavy (non-hydrogen) atoms. The van der Waals surface area contributed by atoms with Gasteiger partial charge in [0.25, 0.3) is 0 Å². The van der Waals surface area contributed by atoms with Gasteiger partial charge in [0.15, 0.2) is 34.1 Å². The maximum atomic E-state index is 5.79. The number of hydrogen-bond acceptors (Lipinski definition) is 8. The lowest BCUT2D eigenvalue weighted by Crippen LogP contribution is -1.91. The maximum absolute atomic E-state index is 5.79. The molecular formula is C13H10N6O2S. The summed E-state index contributed by atoms with van der Waals surface area (Å²) in [5.74, 6) is 1.03. The first-order valence-electron chi connectivity index (χ1n) is 6.30. The molecule has 110 valence electrons. The number of oxazole rings is 1. The number of H-pyrrole nitrogens is 1. The minimum absolute atomic E-state index is 0.337. The topological polar surface area (TPSA) is 116 Å². The van der Waals surface area contributed by atoms with Crippen LogP contribution in [-0.2, 0) is 0 Å². The predicted octanol–water partition coefficient (Wildman–Crippen LogP) is 2.24. The Morgan fingerprint density at radius 1 is 1.27 bits per heavy atom. The second kappa shape index (κ2) is 4.88. The fourth-order valence-electron chi connectivity index (χ4n) is 2.08. The highest BCUT2D eigenvalue weighted by Gasteiger charge is 2.14. The van der Waals surface area contributed by atoms with Crippen LogP contribution >= 0.6 is 11.8 Å². The van der Waals surface area contributed by atoms with Crippen LogP contribution in [0.5, 0.6) is 5.75 Å². The zero-order valence-corrected chi connectivity index (χ0v) is 12.2. The number of anilines is 1. The molecule has 4 aromatic rings. The molecule has 0 spiro atoms. The van der Waals surface area contributed by atoms with Crippen molar-refractivity contribution in [3.8, 4) is 5.75 Å². The zero-order valence-electron chi connectivity index (χ0n) is 11.4. The van der Waals surface area contributed by atoms with E-state index in [4.69, 9.17) is 14.9 Å². The van der Waals surface area contributed by atoms with Gasteiger partial charge in [-0.3, -0.25) is 0 Å². The van der Waals surface area contributed by atoms with Crippen LogP contribution in [0.25, 0.3) is 22.3 Å². The molecule has 0 saturated heterocycles. The molecule has 0 bridgehead atoms. The number of nitrogens with two attached hydrogens (primary N) is 1. The lowest BCUT2D eigenvalue weighted by molar-refractivity contribution is 0.414. The van der Waals surface area contributed by atoms with E-state index in [1.165, 1.54) is 24.5 Å². The summed E-state index contributed by atoms with van der Waals surface area (Å²) < 4.78 is 10.7. The van der Waals surface area contributed by atoms with Gasteiger partial charge < -0.3 is 19.9 Å². The number of methoxy groups -OCH3 is 1. The smallest absolute Gasteiger partial charge is 0.182 e. The largest absolute Gasteiger partial charge is 0.497 e. The standard InChI is InChI=1S/C13H10N6O2S/c1-20-6-2-7-10(21-5-17-7)8(3-6)22-13-18-9-11(14)15-4-16-12(9)19-13/h2-5H,1H3,(H3,14,15,16,18,19). The predicted molar refractivity (Wildman–Crippen MR) is 80.8 cm³/mol.